The number of nitrogens with zero attached hydrogens (tertiary/aromatic N) is 2. The Hall–Kier alpha value is -0.770. The molecule has 0 amide bonds. The van der Waals surface area contributed by atoms with Gasteiger partial charge >= 0.3 is 0 Å². The molecule has 1 fully saturated rings. The van der Waals surface area contributed by atoms with Gasteiger partial charge in [0.1, 0.15) is 0 Å². The molecule has 4 nitrogen and oxygen atoms in total. The molecule has 68 valence electrons. The summed E-state index contributed by atoms with van der Waals surface area (Å²) in [7, 11) is 0. The first kappa shape index (κ1) is 7.86. The minimum absolute atomic E-state index is 0.572. The minimum Gasteiger partial charge on any atom is -0.354 e. The Balaban J connectivity index is 2.00. The fourth-order valence-electron chi connectivity index (χ4n) is 1.73. The zero-order valence-corrected chi connectivity index (χ0v) is 7.51. The second-order valence-electron chi connectivity index (χ2n) is 3.38. The van der Waals surface area contributed by atoms with Gasteiger partial charge in [-0.25, -0.2) is 0 Å². The smallest absolute Gasteiger partial charge is 0.194 e. The predicted molar refractivity (Wildman–Crippen MR) is 49.3 cm³/mol. The maximum Gasteiger partial charge on any atom is 0.194 e. The van der Waals surface area contributed by atoms with Crippen LogP contribution in [-0.2, 0) is 0 Å². The minimum atomic E-state index is 0.572. The Morgan fingerprint density at radius 1 is 1.50 bits per heavy atom. The summed E-state index contributed by atoms with van der Waals surface area (Å²) in [6.07, 6.45) is 0. The highest BCUT2D eigenvalue weighted by Crippen LogP contribution is 2.04. The Labute approximate surface area is 73.0 Å². The first-order valence-electron chi connectivity index (χ1n) is 4.63. The summed E-state index contributed by atoms with van der Waals surface area (Å²) in [4.78, 5) is 6.76. The first-order valence-corrected chi connectivity index (χ1v) is 4.63. The molecule has 0 aromatic heterocycles. The molecule has 0 aromatic rings. The van der Waals surface area contributed by atoms with Crippen molar-refractivity contribution in [3.8, 4) is 0 Å². The Morgan fingerprint density at radius 3 is 3.08 bits per heavy atom. The van der Waals surface area contributed by atoms with Crippen molar-refractivity contribution < 1.29 is 0 Å². The molecular formula is C8H16N4. The third-order valence-electron chi connectivity index (χ3n) is 2.43. The lowest BCUT2D eigenvalue weighted by Crippen LogP contribution is -2.54. The zero-order valence-electron chi connectivity index (χ0n) is 7.51. The maximum absolute atomic E-state index is 4.41. The quantitative estimate of drug-likeness (QED) is 0.499. The maximum atomic E-state index is 4.41. The zero-order chi connectivity index (χ0) is 8.39. The highest BCUT2D eigenvalue weighted by Gasteiger charge is 2.22. The summed E-state index contributed by atoms with van der Waals surface area (Å²) in [5.41, 5.74) is 0. The summed E-state index contributed by atoms with van der Waals surface area (Å²) < 4.78 is 0. The lowest BCUT2D eigenvalue weighted by Gasteiger charge is -2.35. The molecule has 0 aromatic carbocycles. The molecule has 12 heavy (non-hydrogen) atoms. The molecule has 2 heterocycles. The van der Waals surface area contributed by atoms with E-state index < -0.39 is 0 Å². The van der Waals surface area contributed by atoms with Crippen molar-refractivity contribution in [3.63, 3.8) is 0 Å². The summed E-state index contributed by atoms with van der Waals surface area (Å²) in [6, 6.07) is 0.572. The van der Waals surface area contributed by atoms with Crippen LogP contribution < -0.4 is 10.6 Å². The van der Waals surface area contributed by atoms with Gasteiger partial charge < -0.3 is 15.5 Å². The van der Waals surface area contributed by atoms with Gasteiger partial charge in [-0.05, 0) is 6.92 Å². The van der Waals surface area contributed by atoms with Gasteiger partial charge in [0, 0.05) is 32.2 Å². The Bertz CT molecular complexity index is 189. The van der Waals surface area contributed by atoms with Crippen LogP contribution in [0.3, 0.4) is 0 Å². The number of hydrogen-bond donors (Lipinski definition) is 2. The van der Waals surface area contributed by atoms with E-state index >= 15 is 0 Å². The van der Waals surface area contributed by atoms with Gasteiger partial charge in [0.05, 0.1) is 6.54 Å². The molecule has 0 unspecified atom stereocenters. The van der Waals surface area contributed by atoms with E-state index in [9.17, 15) is 0 Å². The van der Waals surface area contributed by atoms with Crippen LogP contribution in [0.4, 0.5) is 0 Å². The monoisotopic (exact) mass is 168 g/mol. The van der Waals surface area contributed by atoms with Gasteiger partial charge in [0.25, 0.3) is 0 Å². The van der Waals surface area contributed by atoms with E-state index in [4.69, 9.17) is 0 Å². The van der Waals surface area contributed by atoms with E-state index in [2.05, 4.69) is 27.4 Å². The summed E-state index contributed by atoms with van der Waals surface area (Å²) in [5.74, 6) is 1.10. The molecule has 1 saturated heterocycles. The van der Waals surface area contributed by atoms with Crippen molar-refractivity contribution in [2.45, 2.75) is 13.0 Å². The van der Waals surface area contributed by atoms with Crippen LogP contribution >= 0.6 is 0 Å². The molecule has 0 spiro atoms. The average Bonchev–Trinajstić information content (AvgIpc) is 2.57. The molecule has 2 aliphatic rings. The number of guanidine groups is 1. The van der Waals surface area contributed by atoms with E-state index in [1.807, 2.05) is 0 Å². The van der Waals surface area contributed by atoms with E-state index in [-0.39, 0.29) is 0 Å². The topological polar surface area (TPSA) is 39.7 Å². The lowest BCUT2D eigenvalue weighted by atomic mass is 10.2. The van der Waals surface area contributed by atoms with Gasteiger partial charge in [-0.15, -0.1) is 0 Å². The molecule has 0 aliphatic carbocycles. The van der Waals surface area contributed by atoms with Crippen LogP contribution in [-0.4, -0.2) is 49.6 Å². The predicted octanol–water partition coefficient (Wildman–Crippen LogP) is -0.761. The van der Waals surface area contributed by atoms with Gasteiger partial charge in [-0.2, -0.15) is 0 Å². The number of nitrogens with one attached hydrogen (secondary N) is 2. The van der Waals surface area contributed by atoms with Crippen LogP contribution in [0.15, 0.2) is 4.99 Å². The van der Waals surface area contributed by atoms with Crippen LogP contribution in [0, 0.1) is 0 Å². The van der Waals surface area contributed by atoms with Crippen molar-refractivity contribution in [2.75, 3.05) is 32.7 Å². The van der Waals surface area contributed by atoms with Crippen molar-refractivity contribution in [1.82, 2.24) is 15.5 Å². The van der Waals surface area contributed by atoms with E-state index in [1.54, 1.807) is 0 Å². The summed E-state index contributed by atoms with van der Waals surface area (Å²) >= 11 is 0. The van der Waals surface area contributed by atoms with Crippen LogP contribution in [0.1, 0.15) is 6.92 Å². The molecule has 0 saturated carbocycles. The fraction of sp³-hybridized carbons (Fsp3) is 0.875. The van der Waals surface area contributed by atoms with Gasteiger partial charge in [0.15, 0.2) is 5.96 Å². The SMILES string of the molecule is C[C@@H]1CNCCN1C1=NCCN1. The molecule has 1 atom stereocenters. The number of rotatable bonds is 0. The molecule has 2 rings (SSSR count). The van der Waals surface area contributed by atoms with Crippen LogP contribution in [0.25, 0.3) is 0 Å². The molecule has 2 N–H and O–H groups in total. The number of piperazine rings is 1. The largest absolute Gasteiger partial charge is 0.354 e. The van der Waals surface area contributed by atoms with E-state index in [1.165, 1.54) is 0 Å². The van der Waals surface area contributed by atoms with Gasteiger partial charge in [-0.1, -0.05) is 0 Å². The second kappa shape index (κ2) is 3.31. The van der Waals surface area contributed by atoms with Crippen molar-refractivity contribution in [3.05, 3.63) is 0 Å². The van der Waals surface area contributed by atoms with E-state index in [0.29, 0.717) is 6.04 Å². The summed E-state index contributed by atoms with van der Waals surface area (Å²) in [5, 5.41) is 6.67. The van der Waals surface area contributed by atoms with E-state index in [0.717, 1.165) is 38.7 Å². The molecule has 4 heteroatoms. The third-order valence-corrected chi connectivity index (χ3v) is 2.43. The standard InChI is InChI=1S/C8H16N4/c1-7-6-9-4-5-12(7)8-10-2-3-11-8/h7,9H,2-6H2,1H3,(H,10,11)/t7-/m1/s1. The average molecular weight is 168 g/mol. The number of aliphatic imine (C=N–C) groups is 1. The summed E-state index contributed by atoms with van der Waals surface area (Å²) in [6.45, 7) is 7.39. The molecular weight excluding hydrogens is 152 g/mol. The first-order chi connectivity index (χ1) is 5.88. The number of hydrogen-bond acceptors (Lipinski definition) is 4. The van der Waals surface area contributed by atoms with Crippen LogP contribution in [0.2, 0.25) is 0 Å². The van der Waals surface area contributed by atoms with Crippen molar-refractivity contribution in [2.24, 2.45) is 4.99 Å². The lowest BCUT2D eigenvalue weighted by molar-refractivity contribution is 0.268. The normalized spacial score (nSPS) is 29.9. The van der Waals surface area contributed by atoms with Crippen LogP contribution in [0.5, 0.6) is 0 Å². The molecule has 2 aliphatic heterocycles. The highest BCUT2D eigenvalue weighted by atomic mass is 15.4. The molecule has 0 radical (unpaired) electrons. The highest BCUT2D eigenvalue weighted by molar-refractivity contribution is 5.81. The second-order valence-corrected chi connectivity index (χ2v) is 3.38. The van der Waals surface area contributed by atoms with Gasteiger partial charge in [-0.3, -0.25) is 4.99 Å². The third kappa shape index (κ3) is 1.39. The Morgan fingerprint density at radius 2 is 2.42 bits per heavy atom. The Kier molecular flexibility index (Phi) is 2.17. The molecule has 0 bridgehead atoms. The van der Waals surface area contributed by atoms with Gasteiger partial charge in [0.2, 0.25) is 0 Å². The van der Waals surface area contributed by atoms with Crippen molar-refractivity contribution in [1.29, 1.82) is 0 Å². The fourth-order valence-corrected chi connectivity index (χ4v) is 1.73. The van der Waals surface area contributed by atoms with Crippen molar-refractivity contribution >= 4 is 5.96 Å².